The van der Waals surface area contributed by atoms with E-state index in [0.29, 0.717) is 5.92 Å². The first-order valence-electron chi connectivity index (χ1n) is 5.77. The number of rotatable bonds is 4. The van der Waals surface area contributed by atoms with Crippen LogP contribution in [0.5, 0.6) is 0 Å². The molecule has 0 aromatic rings. The normalized spacial score (nSPS) is 17.4. The predicted molar refractivity (Wildman–Crippen MR) is 69.8 cm³/mol. The summed E-state index contributed by atoms with van der Waals surface area (Å²) in [6.45, 7) is 8.82. The van der Waals surface area contributed by atoms with Gasteiger partial charge in [-0.15, -0.1) is 12.4 Å². The second-order valence-corrected chi connectivity index (χ2v) is 4.57. The van der Waals surface area contributed by atoms with Crippen LogP contribution >= 0.6 is 12.4 Å². The summed E-state index contributed by atoms with van der Waals surface area (Å²) in [6, 6.07) is 0. The monoisotopic (exact) mass is 246 g/mol. The van der Waals surface area contributed by atoms with Crippen LogP contribution < -0.4 is 10.6 Å². The van der Waals surface area contributed by atoms with Crippen LogP contribution in [0.15, 0.2) is 11.6 Å². The van der Waals surface area contributed by atoms with Crippen molar-refractivity contribution in [3.63, 3.8) is 0 Å². The van der Waals surface area contributed by atoms with Gasteiger partial charge >= 0.3 is 0 Å². The van der Waals surface area contributed by atoms with E-state index in [0.717, 1.165) is 26.1 Å². The van der Waals surface area contributed by atoms with Gasteiger partial charge in [-0.25, -0.2) is 0 Å². The molecule has 0 fully saturated rings. The third-order valence-corrected chi connectivity index (χ3v) is 3.06. The van der Waals surface area contributed by atoms with Crippen LogP contribution in [0.4, 0.5) is 0 Å². The van der Waals surface area contributed by atoms with Crippen LogP contribution in [0.25, 0.3) is 0 Å². The molecule has 1 rings (SSSR count). The summed E-state index contributed by atoms with van der Waals surface area (Å²) in [4.78, 5) is 11.7. The van der Waals surface area contributed by atoms with Gasteiger partial charge in [0.25, 0.3) is 0 Å². The van der Waals surface area contributed by atoms with Crippen molar-refractivity contribution in [1.82, 2.24) is 10.6 Å². The Morgan fingerprint density at radius 3 is 2.69 bits per heavy atom. The number of carbonyl (C=O) groups excluding carboxylic acids is 1. The van der Waals surface area contributed by atoms with Crippen molar-refractivity contribution in [2.75, 3.05) is 19.6 Å². The highest BCUT2D eigenvalue weighted by molar-refractivity contribution is 5.85. The third kappa shape index (κ3) is 4.99. The molecule has 0 saturated heterocycles. The van der Waals surface area contributed by atoms with Gasteiger partial charge in [0.1, 0.15) is 0 Å². The van der Waals surface area contributed by atoms with Crippen molar-refractivity contribution >= 4 is 18.3 Å². The molecule has 0 spiro atoms. The zero-order valence-corrected chi connectivity index (χ0v) is 11.2. The van der Waals surface area contributed by atoms with Gasteiger partial charge in [-0.2, -0.15) is 0 Å². The number of hydrogen-bond acceptors (Lipinski definition) is 2. The van der Waals surface area contributed by atoms with E-state index in [2.05, 4.69) is 30.6 Å². The van der Waals surface area contributed by atoms with Crippen molar-refractivity contribution in [3.05, 3.63) is 11.6 Å². The Balaban J connectivity index is 0.00000225. The van der Waals surface area contributed by atoms with Crippen molar-refractivity contribution < 1.29 is 4.79 Å². The highest BCUT2D eigenvalue weighted by atomic mass is 35.5. The van der Waals surface area contributed by atoms with Crippen LogP contribution in [0.3, 0.4) is 0 Å². The lowest BCUT2D eigenvalue weighted by atomic mass is 9.97. The van der Waals surface area contributed by atoms with E-state index < -0.39 is 0 Å². The molecule has 0 aliphatic carbocycles. The molecule has 0 bridgehead atoms. The molecular weight excluding hydrogens is 224 g/mol. The summed E-state index contributed by atoms with van der Waals surface area (Å²) in [5.74, 6) is 0.684. The first kappa shape index (κ1) is 15.5. The molecule has 0 saturated carbocycles. The minimum Gasteiger partial charge on any atom is -0.352 e. The molecule has 1 aliphatic rings. The Kier molecular flexibility index (Phi) is 7.43. The molecule has 1 unspecified atom stereocenters. The molecular formula is C12H23ClN2O. The van der Waals surface area contributed by atoms with Gasteiger partial charge in [0, 0.05) is 19.0 Å². The van der Waals surface area contributed by atoms with Crippen LogP contribution in [0, 0.1) is 11.8 Å². The van der Waals surface area contributed by atoms with E-state index in [1.807, 2.05) is 6.92 Å². The molecule has 2 N–H and O–H groups in total. The molecule has 0 aromatic heterocycles. The molecule has 3 nitrogen and oxygen atoms in total. The first-order valence-corrected chi connectivity index (χ1v) is 5.77. The standard InChI is InChI=1S/C12H22N2O.ClH/c1-9(2)10(3)12(15)14-8-11-4-6-13-7-5-11;/h4,9-10,13H,5-8H2,1-3H3,(H,14,15);1H. The Morgan fingerprint density at radius 1 is 1.50 bits per heavy atom. The number of hydrogen-bond donors (Lipinski definition) is 2. The van der Waals surface area contributed by atoms with Gasteiger partial charge < -0.3 is 10.6 Å². The summed E-state index contributed by atoms with van der Waals surface area (Å²) in [5, 5.41) is 6.25. The summed E-state index contributed by atoms with van der Waals surface area (Å²) < 4.78 is 0. The van der Waals surface area contributed by atoms with Gasteiger partial charge in [-0.3, -0.25) is 4.79 Å². The minimum atomic E-state index is 0. The molecule has 94 valence electrons. The number of amides is 1. The van der Waals surface area contributed by atoms with Gasteiger partial charge in [0.2, 0.25) is 5.91 Å². The van der Waals surface area contributed by atoms with Crippen molar-refractivity contribution in [3.8, 4) is 0 Å². The molecule has 1 aliphatic heterocycles. The average molecular weight is 247 g/mol. The second-order valence-electron chi connectivity index (χ2n) is 4.57. The van der Waals surface area contributed by atoms with Gasteiger partial charge in [0.15, 0.2) is 0 Å². The Bertz CT molecular complexity index is 251. The average Bonchev–Trinajstić information content (AvgIpc) is 2.26. The quantitative estimate of drug-likeness (QED) is 0.742. The third-order valence-electron chi connectivity index (χ3n) is 3.06. The van der Waals surface area contributed by atoms with Crippen molar-refractivity contribution in [2.24, 2.45) is 11.8 Å². The minimum absolute atomic E-state index is 0. The van der Waals surface area contributed by atoms with Crippen LogP contribution in [-0.4, -0.2) is 25.5 Å². The second kappa shape index (κ2) is 7.69. The lowest BCUT2D eigenvalue weighted by Gasteiger charge is -2.18. The smallest absolute Gasteiger partial charge is 0.223 e. The van der Waals surface area contributed by atoms with Crippen molar-refractivity contribution in [2.45, 2.75) is 27.2 Å². The SMILES string of the molecule is CC(C)C(C)C(=O)NCC1=CCNCC1.Cl. The molecule has 1 amide bonds. The van der Waals surface area contributed by atoms with Crippen LogP contribution in [-0.2, 0) is 4.79 Å². The fraction of sp³-hybridized carbons (Fsp3) is 0.750. The van der Waals surface area contributed by atoms with Crippen LogP contribution in [0.1, 0.15) is 27.2 Å². The summed E-state index contributed by atoms with van der Waals surface area (Å²) in [7, 11) is 0. The zero-order chi connectivity index (χ0) is 11.3. The fourth-order valence-electron chi connectivity index (χ4n) is 1.49. The Hall–Kier alpha value is -0.540. The maximum Gasteiger partial charge on any atom is 0.223 e. The molecule has 1 atom stereocenters. The number of carbonyl (C=O) groups is 1. The van der Waals surface area contributed by atoms with E-state index in [9.17, 15) is 4.79 Å². The lowest BCUT2D eigenvalue weighted by molar-refractivity contribution is -0.125. The highest BCUT2D eigenvalue weighted by Gasteiger charge is 2.16. The van der Waals surface area contributed by atoms with Crippen molar-refractivity contribution in [1.29, 1.82) is 0 Å². The lowest BCUT2D eigenvalue weighted by Crippen LogP contribution is -2.34. The zero-order valence-electron chi connectivity index (χ0n) is 10.4. The molecule has 1 heterocycles. The van der Waals surface area contributed by atoms with E-state index in [-0.39, 0.29) is 24.2 Å². The van der Waals surface area contributed by atoms with E-state index in [1.165, 1.54) is 5.57 Å². The number of nitrogens with one attached hydrogen (secondary N) is 2. The Labute approximate surface area is 104 Å². The highest BCUT2D eigenvalue weighted by Crippen LogP contribution is 2.10. The van der Waals surface area contributed by atoms with E-state index in [1.54, 1.807) is 0 Å². The van der Waals surface area contributed by atoms with Gasteiger partial charge in [-0.1, -0.05) is 32.4 Å². The fourth-order valence-corrected chi connectivity index (χ4v) is 1.49. The van der Waals surface area contributed by atoms with E-state index in [4.69, 9.17) is 0 Å². The van der Waals surface area contributed by atoms with E-state index >= 15 is 0 Å². The summed E-state index contributed by atoms with van der Waals surface area (Å²) in [6.07, 6.45) is 3.22. The molecule has 0 radical (unpaired) electrons. The maximum atomic E-state index is 11.7. The molecule has 0 aromatic carbocycles. The largest absolute Gasteiger partial charge is 0.352 e. The maximum absolute atomic E-state index is 11.7. The topological polar surface area (TPSA) is 41.1 Å². The Morgan fingerprint density at radius 2 is 2.19 bits per heavy atom. The van der Waals surface area contributed by atoms with Gasteiger partial charge in [-0.05, 0) is 18.9 Å². The number of halogens is 1. The van der Waals surface area contributed by atoms with Crippen LogP contribution in [0.2, 0.25) is 0 Å². The molecule has 16 heavy (non-hydrogen) atoms. The first-order chi connectivity index (χ1) is 7.11. The summed E-state index contributed by atoms with van der Waals surface area (Å²) >= 11 is 0. The molecule has 4 heteroatoms. The summed E-state index contributed by atoms with van der Waals surface area (Å²) in [5.41, 5.74) is 1.35. The van der Waals surface area contributed by atoms with Gasteiger partial charge in [0.05, 0.1) is 0 Å². The predicted octanol–water partition coefficient (Wildman–Crippen LogP) is 1.74.